The standard InChI is InChI=1S/C14H15N3O/c1-10-6-12(11-2-4-18-5-3-11)7-15-14(10)13-8-16-17-9-13/h2,6-9H,3-5H2,1H3,(H,16,17). The SMILES string of the molecule is Cc1cc(C2=CCOCC2)cnc1-c1cn[nH]c1. The van der Waals surface area contributed by atoms with Crippen LogP contribution in [0.1, 0.15) is 17.5 Å². The lowest BCUT2D eigenvalue weighted by Crippen LogP contribution is -2.04. The van der Waals surface area contributed by atoms with Gasteiger partial charge >= 0.3 is 0 Å². The van der Waals surface area contributed by atoms with E-state index in [2.05, 4.69) is 34.2 Å². The van der Waals surface area contributed by atoms with Crippen LogP contribution in [0.15, 0.2) is 30.7 Å². The number of aromatic amines is 1. The molecule has 0 amide bonds. The minimum Gasteiger partial charge on any atom is -0.377 e. The van der Waals surface area contributed by atoms with E-state index in [1.54, 1.807) is 6.20 Å². The van der Waals surface area contributed by atoms with E-state index in [4.69, 9.17) is 4.74 Å². The van der Waals surface area contributed by atoms with E-state index in [-0.39, 0.29) is 0 Å². The van der Waals surface area contributed by atoms with E-state index in [9.17, 15) is 0 Å². The Balaban J connectivity index is 1.96. The molecule has 0 unspecified atom stereocenters. The van der Waals surface area contributed by atoms with Gasteiger partial charge in [0.25, 0.3) is 0 Å². The Morgan fingerprint density at radius 2 is 2.22 bits per heavy atom. The van der Waals surface area contributed by atoms with E-state index in [0.717, 1.165) is 24.3 Å². The van der Waals surface area contributed by atoms with Crippen molar-refractivity contribution in [1.82, 2.24) is 15.2 Å². The van der Waals surface area contributed by atoms with Crippen molar-refractivity contribution >= 4 is 5.57 Å². The molecule has 1 N–H and O–H groups in total. The van der Waals surface area contributed by atoms with Gasteiger partial charge in [0.05, 0.1) is 25.1 Å². The first-order valence-corrected chi connectivity index (χ1v) is 6.07. The van der Waals surface area contributed by atoms with Gasteiger partial charge in [-0.1, -0.05) is 6.08 Å². The molecule has 0 saturated carbocycles. The molecule has 0 fully saturated rings. The van der Waals surface area contributed by atoms with Crippen molar-refractivity contribution < 1.29 is 4.74 Å². The maximum atomic E-state index is 5.32. The van der Waals surface area contributed by atoms with Gasteiger partial charge in [-0.25, -0.2) is 0 Å². The van der Waals surface area contributed by atoms with Crippen molar-refractivity contribution in [3.8, 4) is 11.3 Å². The molecule has 0 atom stereocenters. The zero-order chi connectivity index (χ0) is 12.4. The third-order valence-electron chi connectivity index (χ3n) is 3.18. The Kier molecular flexibility index (Phi) is 2.94. The van der Waals surface area contributed by atoms with Gasteiger partial charge in [0, 0.05) is 18.0 Å². The van der Waals surface area contributed by atoms with Crippen LogP contribution < -0.4 is 0 Å². The number of hydrogen-bond acceptors (Lipinski definition) is 3. The van der Waals surface area contributed by atoms with Gasteiger partial charge in [-0.3, -0.25) is 10.1 Å². The number of nitrogens with one attached hydrogen (secondary N) is 1. The molecule has 3 rings (SSSR count). The highest BCUT2D eigenvalue weighted by atomic mass is 16.5. The number of ether oxygens (including phenoxy) is 1. The Bertz CT molecular complexity index is 573. The van der Waals surface area contributed by atoms with Gasteiger partial charge in [0.1, 0.15) is 0 Å². The largest absolute Gasteiger partial charge is 0.377 e. The molecule has 1 aliphatic heterocycles. The van der Waals surface area contributed by atoms with Gasteiger partial charge in [-0.05, 0) is 36.1 Å². The summed E-state index contributed by atoms with van der Waals surface area (Å²) in [5.41, 5.74) is 5.71. The second-order valence-electron chi connectivity index (χ2n) is 4.43. The van der Waals surface area contributed by atoms with Gasteiger partial charge in [0.15, 0.2) is 0 Å². The molecule has 0 aromatic carbocycles. The van der Waals surface area contributed by atoms with Crippen molar-refractivity contribution in [2.45, 2.75) is 13.3 Å². The summed E-state index contributed by atoms with van der Waals surface area (Å²) in [6.45, 7) is 3.59. The van der Waals surface area contributed by atoms with Crippen LogP contribution in [0.2, 0.25) is 0 Å². The van der Waals surface area contributed by atoms with Crippen LogP contribution in [0.5, 0.6) is 0 Å². The number of rotatable bonds is 2. The number of aromatic nitrogens is 3. The first kappa shape index (κ1) is 11.2. The zero-order valence-corrected chi connectivity index (χ0v) is 10.3. The lowest BCUT2D eigenvalue weighted by Gasteiger charge is -2.14. The lowest BCUT2D eigenvalue weighted by molar-refractivity contribution is 0.161. The van der Waals surface area contributed by atoms with E-state index in [1.165, 1.54) is 16.7 Å². The average Bonchev–Trinajstić information content (AvgIpc) is 2.93. The summed E-state index contributed by atoms with van der Waals surface area (Å²) < 4.78 is 5.32. The van der Waals surface area contributed by atoms with Gasteiger partial charge < -0.3 is 4.74 Å². The highest BCUT2D eigenvalue weighted by Crippen LogP contribution is 2.25. The van der Waals surface area contributed by atoms with E-state index >= 15 is 0 Å². The van der Waals surface area contributed by atoms with E-state index < -0.39 is 0 Å². The molecule has 2 aromatic rings. The van der Waals surface area contributed by atoms with Crippen LogP contribution in [-0.4, -0.2) is 28.4 Å². The van der Waals surface area contributed by atoms with Crippen LogP contribution >= 0.6 is 0 Å². The molecule has 0 saturated heterocycles. The van der Waals surface area contributed by atoms with Gasteiger partial charge in [-0.2, -0.15) is 5.10 Å². The quantitative estimate of drug-likeness (QED) is 0.879. The molecule has 2 aromatic heterocycles. The fourth-order valence-electron chi connectivity index (χ4n) is 2.22. The van der Waals surface area contributed by atoms with Crippen molar-refractivity contribution in [3.05, 3.63) is 41.9 Å². The van der Waals surface area contributed by atoms with Crippen LogP contribution in [0.25, 0.3) is 16.8 Å². The number of pyridine rings is 1. The molecule has 92 valence electrons. The normalized spacial score (nSPS) is 15.5. The van der Waals surface area contributed by atoms with Crippen LogP contribution in [-0.2, 0) is 4.74 Å². The summed E-state index contributed by atoms with van der Waals surface area (Å²) in [6.07, 6.45) is 8.70. The Morgan fingerprint density at radius 1 is 1.28 bits per heavy atom. The maximum Gasteiger partial charge on any atom is 0.0763 e. The Hall–Kier alpha value is -1.94. The Morgan fingerprint density at radius 3 is 2.89 bits per heavy atom. The molecule has 0 bridgehead atoms. The predicted octanol–water partition coefficient (Wildman–Crippen LogP) is 2.58. The molecule has 1 aliphatic rings. The molecule has 4 heteroatoms. The van der Waals surface area contributed by atoms with E-state index in [1.807, 2.05) is 12.4 Å². The summed E-state index contributed by atoms with van der Waals surface area (Å²) >= 11 is 0. The van der Waals surface area contributed by atoms with Gasteiger partial charge in [0.2, 0.25) is 0 Å². The predicted molar refractivity (Wildman–Crippen MR) is 70.0 cm³/mol. The summed E-state index contributed by atoms with van der Waals surface area (Å²) in [4.78, 5) is 4.55. The molecular formula is C14H15N3O. The topological polar surface area (TPSA) is 50.8 Å². The summed E-state index contributed by atoms with van der Waals surface area (Å²) in [6, 6.07) is 2.19. The smallest absolute Gasteiger partial charge is 0.0763 e. The highest BCUT2D eigenvalue weighted by molar-refractivity contribution is 5.69. The zero-order valence-electron chi connectivity index (χ0n) is 10.3. The molecule has 0 spiro atoms. The van der Waals surface area contributed by atoms with Crippen molar-refractivity contribution in [2.24, 2.45) is 0 Å². The maximum absolute atomic E-state index is 5.32. The fourth-order valence-corrected chi connectivity index (χ4v) is 2.22. The minimum absolute atomic E-state index is 0.706. The number of hydrogen-bond donors (Lipinski definition) is 1. The minimum atomic E-state index is 0.706. The monoisotopic (exact) mass is 241 g/mol. The molecule has 0 aliphatic carbocycles. The third-order valence-corrected chi connectivity index (χ3v) is 3.18. The number of aryl methyl sites for hydroxylation is 1. The van der Waals surface area contributed by atoms with Crippen LogP contribution in [0.3, 0.4) is 0 Å². The molecule has 0 radical (unpaired) electrons. The van der Waals surface area contributed by atoms with Crippen molar-refractivity contribution in [1.29, 1.82) is 0 Å². The first-order chi connectivity index (χ1) is 8.84. The second-order valence-corrected chi connectivity index (χ2v) is 4.43. The van der Waals surface area contributed by atoms with Gasteiger partial charge in [-0.15, -0.1) is 0 Å². The molecule has 4 nitrogen and oxygen atoms in total. The van der Waals surface area contributed by atoms with Crippen LogP contribution in [0.4, 0.5) is 0 Å². The first-order valence-electron chi connectivity index (χ1n) is 6.07. The number of nitrogens with zero attached hydrogens (tertiary/aromatic N) is 2. The average molecular weight is 241 g/mol. The third kappa shape index (κ3) is 2.07. The fraction of sp³-hybridized carbons (Fsp3) is 0.286. The van der Waals surface area contributed by atoms with E-state index in [0.29, 0.717) is 6.61 Å². The molecule has 3 heterocycles. The summed E-state index contributed by atoms with van der Waals surface area (Å²) in [5, 5.41) is 6.77. The molecular weight excluding hydrogens is 226 g/mol. The summed E-state index contributed by atoms with van der Waals surface area (Å²) in [5.74, 6) is 0. The lowest BCUT2D eigenvalue weighted by atomic mass is 10.00. The van der Waals surface area contributed by atoms with Crippen molar-refractivity contribution in [2.75, 3.05) is 13.2 Å². The number of H-pyrrole nitrogens is 1. The Labute approximate surface area is 106 Å². The van der Waals surface area contributed by atoms with Crippen molar-refractivity contribution in [3.63, 3.8) is 0 Å². The highest BCUT2D eigenvalue weighted by Gasteiger charge is 2.10. The van der Waals surface area contributed by atoms with Crippen LogP contribution in [0, 0.1) is 6.92 Å². The molecule has 18 heavy (non-hydrogen) atoms. The summed E-state index contributed by atoms with van der Waals surface area (Å²) in [7, 11) is 0. The second kappa shape index (κ2) is 4.74.